The molecule has 0 bridgehead atoms. The van der Waals surface area contributed by atoms with Gasteiger partial charge in [0.15, 0.2) is 0 Å². The number of carbonyl (C=O) groups excluding carboxylic acids is 1. The van der Waals surface area contributed by atoms with Crippen LogP contribution in [-0.2, 0) is 21.9 Å². The minimum absolute atomic E-state index is 0. The minimum Gasteiger partial charge on any atom is -0.547 e. The van der Waals surface area contributed by atoms with Crippen LogP contribution < -0.4 is 5.11 Å². The Morgan fingerprint density at radius 2 is 1.64 bits per heavy atom. The van der Waals surface area contributed by atoms with Crippen LogP contribution in [0.2, 0.25) is 0 Å². The standard InChI is InChI=1S/C6H12O7.Fe/c7-1-2(8)3(9)4(10)5(11)6(12)13;/h2-5,7-11H,1H2,(H,12,13);/q;+2/t2-,3-,4+,5-;/m1./s1. The van der Waals surface area contributed by atoms with Crippen LogP contribution in [0, 0.1) is 0 Å². The van der Waals surface area contributed by atoms with Crippen molar-refractivity contribution >= 4 is 5.97 Å². The number of aliphatic carboxylic acids is 1. The molecule has 7 nitrogen and oxygen atoms in total. The van der Waals surface area contributed by atoms with Crippen molar-refractivity contribution in [2.24, 2.45) is 0 Å². The Labute approximate surface area is 91.6 Å². The van der Waals surface area contributed by atoms with Crippen LogP contribution in [0.1, 0.15) is 1.43 Å². The summed E-state index contributed by atoms with van der Waals surface area (Å²) >= 11 is 0. The molecule has 5 N–H and O–H groups in total. The van der Waals surface area contributed by atoms with Gasteiger partial charge in [0.2, 0.25) is 0 Å². The molecule has 0 aliphatic rings. The van der Waals surface area contributed by atoms with Gasteiger partial charge in [-0.3, -0.25) is 0 Å². The first-order valence-corrected chi connectivity index (χ1v) is 3.45. The molecule has 0 aliphatic carbocycles. The van der Waals surface area contributed by atoms with E-state index < -0.39 is 37.0 Å². The number of hydrogen-bond donors (Lipinski definition) is 5. The fourth-order valence-corrected chi connectivity index (χ4v) is 0.662. The minimum atomic E-state index is -2.31. The summed E-state index contributed by atoms with van der Waals surface area (Å²) in [4.78, 5) is 9.98. The van der Waals surface area contributed by atoms with E-state index in [1.54, 1.807) is 0 Å². The van der Waals surface area contributed by atoms with Crippen molar-refractivity contribution in [1.82, 2.24) is 0 Å². The summed E-state index contributed by atoms with van der Waals surface area (Å²) in [6, 6.07) is 0. The van der Waals surface area contributed by atoms with E-state index in [0.717, 1.165) is 0 Å². The summed E-state index contributed by atoms with van der Waals surface area (Å²) in [7, 11) is 0. The number of aliphatic hydroxyl groups excluding tert-OH is 5. The molecule has 14 heavy (non-hydrogen) atoms. The average Bonchev–Trinajstić information content (AvgIpc) is 2.12. The van der Waals surface area contributed by atoms with E-state index in [0.29, 0.717) is 0 Å². The van der Waals surface area contributed by atoms with Gasteiger partial charge in [0.25, 0.3) is 0 Å². The third-order valence-electron chi connectivity index (χ3n) is 1.50. The van der Waals surface area contributed by atoms with E-state index in [9.17, 15) is 9.90 Å². The Balaban J connectivity index is -0.000000720. The molecule has 84 valence electrons. The van der Waals surface area contributed by atoms with E-state index in [1.165, 1.54) is 0 Å². The molecule has 0 aromatic rings. The maximum absolute atomic E-state index is 9.98. The fraction of sp³-hybridized carbons (Fsp3) is 0.833. The number of hydrogen-bond acceptors (Lipinski definition) is 7. The molecule has 0 spiro atoms. The number of carboxylic acid groups (broad SMARTS) is 1. The van der Waals surface area contributed by atoms with Crippen molar-refractivity contribution in [1.29, 1.82) is 0 Å². The van der Waals surface area contributed by atoms with Crippen molar-refractivity contribution in [3.63, 3.8) is 0 Å². The van der Waals surface area contributed by atoms with Gasteiger partial charge in [-0.2, -0.15) is 0 Å². The van der Waals surface area contributed by atoms with Crippen molar-refractivity contribution in [2.75, 3.05) is 6.61 Å². The Kier molecular flexibility index (Phi) is 8.27. The Morgan fingerprint density at radius 1 is 1.21 bits per heavy atom. The van der Waals surface area contributed by atoms with Crippen molar-refractivity contribution in [3.8, 4) is 0 Å². The van der Waals surface area contributed by atoms with Crippen molar-refractivity contribution < 1.29 is 53.9 Å². The third-order valence-corrected chi connectivity index (χ3v) is 1.50. The number of carboxylic acids is 1. The van der Waals surface area contributed by atoms with Gasteiger partial charge >= 0.3 is 18.5 Å². The van der Waals surface area contributed by atoms with Gasteiger partial charge in [0.05, 0.1) is 12.6 Å². The first-order chi connectivity index (χ1) is 5.91. The Hall–Kier alpha value is -0.211. The quantitative estimate of drug-likeness (QED) is 0.309. The first kappa shape index (κ1) is 16.2. The zero-order chi connectivity index (χ0) is 10.6. The van der Waals surface area contributed by atoms with Crippen LogP contribution in [0.15, 0.2) is 0 Å². The van der Waals surface area contributed by atoms with Crippen LogP contribution in [0.4, 0.5) is 0 Å². The second-order valence-electron chi connectivity index (χ2n) is 2.49. The number of aliphatic hydroxyl groups is 5. The Bertz CT molecular complexity index is 181. The molecule has 0 unspecified atom stereocenters. The first-order valence-electron chi connectivity index (χ1n) is 3.45. The average molecular weight is 252 g/mol. The van der Waals surface area contributed by atoms with Gasteiger partial charge < -0.3 is 35.4 Å². The summed E-state index contributed by atoms with van der Waals surface area (Å²) in [5.74, 6) is -1.98. The fourth-order valence-electron chi connectivity index (χ4n) is 0.662. The van der Waals surface area contributed by atoms with Crippen molar-refractivity contribution in [3.05, 3.63) is 0 Å². The normalized spacial score (nSPS) is 18.9. The van der Waals surface area contributed by atoms with E-state index in [1.807, 2.05) is 0 Å². The molecular formula is C6H12FeO7+2. The second kappa shape index (κ2) is 7.13. The van der Waals surface area contributed by atoms with Gasteiger partial charge in [-0.15, -0.1) is 0 Å². The monoisotopic (exact) mass is 252 g/mol. The van der Waals surface area contributed by atoms with Gasteiger partial charge in [0.1, 0.15) is 24.4 Å². The largest absolute Gasteiger partial charge is 2.00 e. The summed E-state index contributed by atoms with van der Waals surface area (Å²) in [6.45, 7) is -0.863. The summed E-state index contributed by atoms with van der Waals surface area (Å²) in [5.41, 5.74) is 0. The number of rotatable bonds is 5. The number of carbonyl (C=O) groups is 1. The zero-order valence-electron chi connectivity index (χ0n) is 7.92. The summed E-state index contributed by atoms with van der Waals surface area (Å²) in [6.07, 6.45) is -8.08. The molecule has 0 aromatic heterocycles. The molecule has 0 aromatic carbocycles. The van der Waals surface area contributed by atoms with Crippen LogP contribution in [0.5, 0.6) is 0 Å². The molecule has 0 saturated carbocycles. The zero-order valence-corrected chi connectivity index (χ0v) is 8.03. The molecule has 0 radical (unpaired) electrons. The maximum atomic E-state index is 9.98. The molecule has 0 heterocycles. The summed E-state index contributed by atoms with van der Waals surface area (Å²) in [5, 5.41) is 53.4. The second-order valence-corrected chi connectivity index (χ2v) is 2.49. The molecule has 4 atom stereocenters. The molecule has 0 fully saturated rings. The smallest absolute Gasteiger partial charge is 0.547 e. The van der Waals surface area contributed by atoms with Crippen LogP contribution in [-0.4, -0.2) is 62.5 Å². The molecule has 0 aliphatic heterocycles. The predicted molar refractivity (Wildman–Crippen MR) is 37.2 cm³/mol. The maximum Gasteiger partial charge on any atom is 2.00 e. The van der Waals surface area contributed by atoms with Crippen molar-refractivity contribution in [2.45, 2.75) is 24.4 Å². The van der Waals surface area contributed by atoms with Crippen LogP contribution in [0.25, 0.3) is 0 Å². The predicted octanol–water partition coefficient (Wildman–Crippen LogP) is -4.72. The van der Waals surface area contributed by atoms with E-state index >= 15 is 0 Å². The van der Waals surface area contributed by atoms with Gasteiger partial charge in [-0.1, -0.05) is 0 Å². The molecule has 0 amide bonds. The van der Waals surface area contributed by atoms with E-state index in [2.05, 4.69) is 0 Å². The molecule has 8 heteroatoms. The Morgan fingerprint density at radius 3 is 1.93 bits per heavy atom. The van der Waals surface area contributed by atoms with Crippen LogP contribution >= 0.6 is 0 Å². The van der Waals surface area contributed by atoms with E-state index in [4.69, 9.17) is 25.5 Å². The van der Waals surface area contributed by atoms with Gasteiger partial charge in [0, 0.05) is 0 Å². The molecule has 0 saturated heterocycles. The molecular weight excluding hydrogens is 240 g/mol. The van der Waals surface area contributed by atoms with Crippen LogP contribution in [0.3, 0.4) is 0 Å². The molecule has 0 rings (SSSR count). The third kappa shape index (κ3) is 4.34. The van der Waals surface area contributed by atoms with Gasteiger partial charge in [-0.25, -0.2) is 0 Å². The summed E-state index contributed by atoms with van der Waals surface area (Å²) < 4.78 is 0. The SMILES string of the molecule is O=C([O-])[C@H](O)[C@@H](O)[C@H](O)[C@H](O)CO.[Fe+2].[H+]. The van der Waals surface area contributed by atoms with E-state index in [-0.39, 0.29) is 18.5 Å². The topological polar surface area (TPSA) is 141 Å². The van der Waals surface area contributed by atoms with Gasteiger partial charge in [-0.05, 0) is 0 Å².